The third kappa shape index (κ3) is 2.36. The quantitative estimate of drug-likeness (QED) is 0.658. The first-order valence-electron chi connectivity index (χ1n) is 4.68. The molecule has 0 heterocycles. The number of allylic oxidation sites excluding steroid dienone is 1. The molecule has 0 aromatic heterocycles. The summed E-state index contributed by atoms with van der Waals surface area (Å²) in [5.41, 5.74) is 0.585. The molecular weight excluding hydrogens is 152 g/mol. The van der Waals surface area contributed by atoms with E-state index in [0.29, 0.717) is 17.9 Å². The molecule has 2 heteroatoms. The third-order valence-corrected chi connectivity index (χ3v) is 2.49. The van der Waals surface area contributed by atoms with Gasteiger partial charge in [0.2, 0.25) is 0 Å². The van der Waals surface area contributed by atoms with E-state index in [1.54, 1.807) is 0 Å². The lowest BCUT2D eigenvalue weighted by Gasteiger charge is -2.03. The first kappa shape index (κ1) is 9.30. The molecule has 0 amide bonds. The first-order chi connectivity index (χ1) is 5.74. The van der Waals surface area contributed by atoms with Crippen molar-refractivity contribution in [3.63, 3.8) is 0 Å². The molecule has 0 unspecified atom stereocenters. The van der Waals surface area contributed by atoms with Crippen molar-refractivity contribution in [3.05, 3.63) is 11.6 Å². The van der Waals surface area contributed by atoms with Crippen LogP contribution < -0.4 is 0 Å². The van der Waals surface area contributed by atoms with Gasteiger partial charge in [-0.2, -0.15) is 0 Å². The molecule has 0 saturated heterocycles. The summed E-state index contributed by atoms with van der Waals surface area (Å²) < 4.78 is 0. The highest BCUT2D eigenvalue weighted by atomic mass is 16.4. The van der Waals surface area contributed by atoms with Gasteiger partial charge in [0, 0.05) is 5.57 Å². The summed E-state index contributed by atoms with van der Waals surface area (Å²) >= 11 is 0. The maximum Gasteiger partial charge on any atom is 0.331 e. The lowest BCUT2D eigenvalue weighted by Crippen LogP contribution is -2.01. The Hall–Kier alpha value is -0.790. The summed E-state index contributed by atoms with van der Waals surface area (Å²) in [5, 5.41) is 8.77. The van der Waals surface area contributed by atoms with E-state index in [9.17, 15) is 4.79 Å². The molecule has 1 fully saturated rings. The second-order valence-electron chi connectivity index (χ2n) is 3.40. The van der Waals surface area contributed by atoms with Gasteiger partial charge in [-0.15, -0.1) is 0 Å². The molecule has 1 N–H and O–H groups in total. The molecule has 1 rings (SSSR count). The minimum Gasteiger partial charge on any atom is -0.478 e. The molecule has 0 aliphatic heterocycles. The first-order valence-corrected chi connectivity index (χ1v) is 4.68. The van der Waals surface area contributed by atoms with Gasteiger partial charge in [-0.3, -0.25) is 0 Å². The van der Waals surface area contributed by atoms with Crippen LogP contribution in [0.4, 0.5) is 0 Å². The summed E-state index contributed by atoms with van der Waals surface area (Å²) in [6.07, 6.45) is 7.48. The van der Waals surface area contributed by atoms with E-state index < -0.39 is 5.97 Å². The Labute approximate surface area is 73.3 Å². The molecule has 1 aliphatic carbocycles. The van der Waals surface area contributed by atoms with Gasteiger partial charge >= 0.3 is 5.97 Å². The SMILES string of the molecule is CC/C(=C/C1CCCC1)C(=O)O. The van der Waals surface area contributed by atoms with Crippen molar-refractivity contribution in [1.29, 1.82) is 0 Å². The Balaban J connectivity index is 2.56. The molecular formula is C10H16O2. The number of rotatable bonds is 3. The Morgan fingerprint density at radius 3 is 2.50 bits per heavy atom. The molecule has 0 aromatic carbocycles. The van der Waals surface area contributed by atoms with Gasteiger partial charge in [0.1, 0.15) is 0 Å². The Morgan fingerprint density at radius 1 is 1.50 bits per heavy atom. The molecule has 0 bridgehead atoms. The standard InChI is InChI=1S/C10H16O2/c1-2-9(10(11)12)7-8-5-3-4-6-8/h7-8H,2-6H2,1H3,(H,11,12)/b9-7-. The fourth-order valence-corrected chi connectivity index (χ4v) is 1.75. The zero-order valence-corrected chi connectivity index (χ0v) is 7.55. The van der Waals surface area contributed by atoms with E-state index in [4.69, 9.17) is 5.11 Å². The maximum absolute atomic E-state index is 10.6. The van der Waals surface area contributed by atoms with Crippen LogP contribution in [0.15, 0.2) is 11.6 Å². The van der Waals surface area contributed by atoms with Crippen LogP contribution in [-0.4, -0.2) is 11.1 Å². The van der Waals surface area contributed by atoms with E-state index in [1.165, 1.54) is 25.7 Å². The van der Waals surface area contributed by atoms with Crippen LogP contribution in [0.5, 0.6) is 0 Å². The fourth-order valence-electron chi connectivity index (χ4n) is 1.75. The van der Waals surface area contributed by atoms with Crippen molar-refractivity contribution in [2.75, 3.05) is 0 Å². The fraction of sp³-hybridized carbons (Fsp3) is 0.700. The highest BCUT2D eigenvalue weighted by Crippen LogP contribution is 2.27. The molecule has 12 heavy (non-hydrogen) atoms. The molecule has 2 nitrogen and oxygen atoms in total. The summed E-state index contributed by atoms with van der Waals surface area (Å²) in [5.74, 6) is -0.208. The van der Waals surface area contributed by atoms with E-state index in [1.807, 2.05) is 13.0 Å². The second-order valence-corrected chi connectivity index (χ2v) is 3.40. The van der Waals surface area contributed by atoms with Crippen LogP contribution in [0.25, 0.3) is 0 Å². The Bertz CT molecular complexity index is 188. The van der Waals surface area contributed by atoms with Gasteiger partial charge in [-0.05, 0) is 25.2 Å². The van der Waals surface area contributed by atoms with Crippen molar-refractivity contribution in [3.8, 4) is 0 Å². The topological polar surface area (TPSA) is 37.3 Å². The van der Waals surface area contributed by atoms with Crippen molar-refractivity contribution in [2.24, 2.45) is 5.92 Å². The lowest BCUT2D eigenvalue weighted by atomic mass is 10.0. The molecule has 68 valence electrons. The maximum atomic E-state index is 10.6. The van der Waals surface area contributed by atoms with Gasteiger partial charge in [-0.1, -0.05) is 25.8 Å². The molecule has 1 saturated carbocycles. The summed E-state index contributed by atoms with van der Waals surface area (Å²) in [7, 11) is 0. The number of carbonyl (C=O) groups is 1. The Morgan fingerprint density at radius 2 is 2.08 bits per heavy atom. The van der Waals surface area contributed by atoms with Gasteiger partial charge in [0.15, 0.2) is 0 Å². The molecule has 0 spiro atoms. The van der Waals surface area contributed by atoms with Crippen molar-refractivity contribution >= 4 is 5.97 Å². The monoisotopic (exact) mass is 168 g/mol. The molecule has 1 aliphatic rings. The highest BCUT2D eigenvalue weighted by Gasteiger charge is 2.14. The van der Waals surface area contributed by atoms with Gasteiger partial charge in [-0.25, -0.2) is 4.79 Å². The number of aliphatic carboxylic acids is 1. The largest absolute Gasteiger partial charge is 0.478 e. The van der Waals surface area contributed by atoms with Crippen molar-refractivity contribution in [2.45, 2.75) is 39.0 Å². The van der Waals surface area contributed by atoms with E-state index in [0.717, 1.165) is 0 Å². The van der Waals surface area contributed by atoms with Gasteiger partial charge < -0.3 is 5.11 Å². The minimum absolute atomic E-state index is 0.538. The predicted octanol–water partition coefficient (Wildman–Crippen LogP) is 2.60. The van der Waals surface area contributed by atoms with Crippen molar-refractivity contribution in [1.82, 2.24) is 0 Å². The predicted molar refractivity (Wildman–Crippen MR) is 48.0 cm³/mol. The number of carboxylic acids is 1. The summed E-state index contributed by atoms with van der Waals surface area (Å²) in [6.45, 7) is 1.90. The van der Waals surface area contributed by atoms with Crippen LogP contribution in [0.1, 0.15) is 39.0 Å². The molecule has 0 radical (unpaired) electrons. The zero-order valence-electron chi connectivity index (χ0n) is 7.55. The average molecular weight is 168 g/mol. The smallest absolute Gasteiger partial charge is 0.331 e. The van der Waals surface area contributed by atoms with Gasteiger partial charge in [0.25, 0.3) is 0 Å². The van der Waals surface area contributed by atoms with Gasteiger partial charge in [0.05, 0.1) is 0 Å². The summed E-state index contributed by atoms with van der Waals surface area (Å²) in [4.78, 5) is 10.6. The average Bonchev–Trinajstić information content (AvgIpc) is 2.51. The van der Waals surface area contributed by atoms with Crippen LogP contribution in [-0.2, 0) is 4.79 Å². The van der Waals surface area contributed by atoms with Crippen LogP contribution in [0.2, 0.25) is 0 Å². The number of carboxylic acid groups (broad SMARTS) is 1. The Kier molecular flexibility index (Phi) is 3.32. The summed E-state index contributed by atoms with van der Waals surface area (Å²) in [6, 6.07) is 0. The van der Waals surface area contributed by atoms with Crippen LogP contribution in [0, 0.1) is 5.92 Å². The van der Waals surface area contributed by atoms with E-state index >= 15 is 0 Å². The molecule has 0 aromatic rings. The zero-order chi connectivity index (χ0) is 8.97. The molecule has 0 atom stereocenters. The van der Waals surface area contributed by atoms with Crippen LogP contribution in [0.3, 0.4) is 0 Å². The third-order valence-electron chi connectivity index (χ3n) is 2.49. The lowest BCUT2D eigenvalue weighted by molar-refractivity contribution is -0.132. The number of hydrogen-bond donors (Lipinski definition) is 1. The highest BCUT2D eigenvalue weighted by molar-refractivity contribution is 5.86. The minimum atomic E-state index is -0.746. The van der Waals surface area contributed by atoms with Crippen LogP contribution >= 0.6 is 0 Å². The normalized spacial score (nSPS) is 19.9. The van der Waals surface area contributed by atoms with Crippen molar-refractivity contribution < 1.29 is 9.90 Å². The second kappa shape index (κ2) is 4.29. The number of hydrogen-bond acceptors (Lipinski definition) is 1. The van der Waals surface area contributed by atoms with E-state index in [-0.39, 0.29) is 0 Å². The van der Waals surface area contributed by atoms with E-state index in [2.05, 4.69) is 0 Å².